The Morgan fingerprint density at radius 2 is 0.776 bits per heavy atom. The molecule has 228 valence electrons. The third kappa shape index (κ3) is 4.33. The second kappa shape index (κ2) is 11.1. The molecular formula is C48H31N. The van der Waals surface area contributed by atoms with Crippen LogP contribution in [0.15, 0.2) is 188 Å². The largest absolute Gasteiger partial charge is 0.309 e. The van der Waals surface area contributed by atoms with Crippen molar-refractivity contribution >= 4 is 54.1 Å². The maximum atomic E-state index is 2.41. The van der Waals surface area contributed by atoms with Crippen molar-refractivity contribution < 1.29 is 0 Å². The van der Waals surface area contributed by atoms with Crippen LogP contribution in [0, 0.1) is 0 Å². The monoisotopic (exact) mass is 621 g/mol. The first-order valence-electron chi connectivity index (χ1n) is 16.9. The zero-order chi connectivity index (χ0) is 32.3. The Kier molecular flexibility index (Phi) is 6.25. The van der Waals surface area contributed by atoms with Gasteiger partial charge in [-0.15, -0.1) is 0 Å². The Morgan fingerprint density at radius 1 is 0.286 bits per heavy atom. The number of hydrogen-bond acceptors (Lipinski definition) is 0. The topological polar surface area (TPSA) is 4.93 Å². The molecule has 10 rings (SSSR count). The molecule has 0 unspecified atom stereocenters. The fourth-order valence-electron chi connectivity index (χ4n) is 8.03. The lowest BCUT2D eigenvalue weighted by Gasteiger charge is -2.18. The van der Waals surface area contributed by atoms with Crippen LogP contribution in [-0.2, 0) is 0 Å². The molecule has 0 saturated heterocycles. The lowest BCUT2D eigenvalue weighted by Crippen LogP contribution is -1.94. The van der Waals surface area contributed by atoms with Crippen LogP contribution in [0.5, 0.6) is 0 Å². The predicted molar refractivity (Wildman–Crippen MR) is 210 cm³/mol. The van der Waals surface area contributed by atoms with Crippen LogP contribution in [0.2, 0.25) is 0 Å². The van der Waals surface area contributed by atoms with Crippen LogP contribution in [0.1, 0.15) is 0 Å². The first-order valence-corrected chi connectivity index (χ1v) is 16.9. The van der Waals surface area contributed by atoms with Gasteiger partial charge in [0.25, 0.3) is 0 Å². The van der Waals surface area contributed by atoms with E-state index in [9.17, 15) is 0 Å². The van der Waals surface area contributed by atoms with Gasteiger partial charge in [0.05, 0.1) is 11.0 Å². The van der Waals surface area contributed by atoms with Gasteiger partial charge in [-0.2, -0.15) is 0 Å². The van der Waals surface area contributed by atoms with Crippen molar-refractivity contribution in [1.82, 2.24) is 4.57 Å². The van der Waals surface area contributed by atoms with E-state index in [2.05, 4.69) is 193 Å². The highest BCUT2D eigenvalue weighted by molar-refractivity contribution is 6.21. The van der Waals surface area contributed by atoms with Crippen molar-refractivity contribution in [2.24, 2.45) is 0 Å². The summed E-state index contributed by atoms with van der Waals surface area (Å²) in [5.41, 5.74) is 11.1. The normalized spacial score (nSPS) is 11.7. The number of nitrogens with zero attached hydrogens (tertiary/aromatic N) is 1. The maximum Gasteiger partial charge on any atom is 0.0541 e. The summed E-state index contributed by atoms with van der Waals surface area (Å²) in [6.07, 6.45) is 0. The Bertz CT molecular complexity index is 2790. The average molecular weight is 622 g/mol. The molecule has 1 heterocycles. The number of fused-ring (bicyclic) bond motifs is 6. The fraction of sp³-hybridized carbons (Fsp3) is 0. The van der Waals surface area contributed by atoms with Crippen molar-refractivity contribution in [1.29, 1.82) is 0 Å². The Labute approximate surface area is 284 Å². The quantitative estimate of drug-likeness (QED) is 0.172. The summed E-state index contributed by atoms with van der Waals surface area (Å²) < 4.78 is 2.41. The molecule has 0 amide bonds. The summed E-state index contributed by atoms with van der Waals surface area (Å²) in [5, 5.41) is 10.2. The van der Waals surface area contributed by atoms with E-state index >= 15 is 0 Å². The van der Waals surface area contributed by atoms with Gasteiger partial charge in [-0.1, -0.05) is 158 Å². The van der Waals surface area contributed by atoms with E-state index in [0.29, 0.717) is 0 Å². The third-order valence-electron chi connectivity index (χ3n) is 10.2. The Morgan fingerprint density at radius 3 is 1.45 bits per heavy atom. The van der Waals surface area contributed by atoms with Crippen LogP contribution in [0.3, 0.4) is 0 Å². The van der Waals surface area contributed by atoms with Crippen LogP contribution in [0.4, 0.5) is 0 Å². The lowest BCUT2D eigenvalue weighted by molar-refractivity contribution is 1.18. The fourth-order valence-corrected chi connectivity index (χ4v) is 8.03. The molecule has 0 aliphatic carbocycles. The SMILES string of the molecule is c1ccc(-c2c3ccccc3c(-c3ccc(-n4c5ccccc5c5cc(-c6cccc7ccccc67)ccc54)cc3)c3ccccc23)cc1. The summed E-state index contributed by atoms with van der Waals surface area (Å²) in [6, 6.07) is 68.7. The molecule has 0 bridgehead atoms. The minimum Gasteiger partial charge on any atom is -0.309 e. The average Bonchev–Trinajstić information content (AvgIpc) is 3.51. The van der Waals surface area contributed by atoms with Crippen molar-refractivity contribution in [3.05, 3.63) is 188 Å². The summed E-state index contributed by atoms with van der Waals surface area (Å²) in [7, 11) is 0. The minimum atomic E-state index is 1.15. The van der Waals surface area contributed by atoms with Crippen molar-refractivity contribution in [2.75, 3.05) is 0 Å². The minimum absolute atomic E-state index is 1.15. The zero-order valence-electron chi connectivity index (χ0n) is 26.8. The molecule has 0 N–H and O–H groups in total. The van der Waals surface area contributed by atoms with E-state index in [-0.39, 0.29) is 0 Å². The maximum absolute atomic E-state index is 2.41. The van der Waals surface area contributed by atoms with Crippen LogP contribution < -0.4 is 0 Å². The van der Waals surface area contributed by atoms with Crippen molar-refractivity contribution in [3.63, 3.8) is 0 Å². The number of benzene rings is 9. The second-order valence-corrected chi connectivity index (χ2v) is 12.9. The summed E-state index contributed by atoms with van der Waals surface area (Å²) in [6.45, 7) is 0. The highest BCUT2D eigenvalue weighted by Gasteiger charge is 2.18. The molecule has 1 aromatic heterocycles. The van der Waals surface area contributed by atoms with E-state index in [0.717, 1.165) is 5.69 Å². The number of aromatic nitrogens is 1. The molecule has 0 radical (unpaired) electrons. The molecule has 1 nitrogen and oxygen atoms in total. The van der Waals surface area contributed by atoms with Gasteiger partial charge in [-0.25, -0.2) is 0 Å². The molecule has 0 atom stereocenters. The lowest BCUT2D eigenvalue weighted by atomic mass is 9.86. The van der Waals surface area contributed by atoms with Crippen LogP contribution in [-0.4, -0.2) is 4.57 Å². The highest BCUT2D eigenvalue weighted by Crippen LogP contribution is 2.44. The van der Waals surface area contributed by atoms with E-state index in [1.807, 2.05) is 0 Å². The summed E-state index contributed by atoms with van der Waals surface area (Å²) in [5.74, 6) is 0. The molecule has 10 aromatic rings. The van der Waals surface area contributed by atoms with E-state index in [4.69, 9.17) is 0 Å². The van der Waals surface area contributed by atoms with Gasteiger partial charge in [-0.05, 0) is 96.0 Å². The highest BCUT2D eigenvalue weighted by atomic mass is 15.0. The van der Waals surface area contributed by atoms with E-state index in [1.165, 1.54) is 87.5 Å². The first-order chi connectivity index (χ1) is 24.3. The number of hydrogen-bond donors (Lipinski definition) is 0. The molecule has 1 heteroatoms. The first kappa shape index (κ1) is 27.7. The van der Waals surface area contributed by atoms with Gasteiger partial charge in [0.15, 0.2) is 0 Å². The third-order valence-corrected chi connectivity index (χ3v) is 10.2. The molecule has 0 fully saturated rings. The second-order valence-electron chi connectivity index (χ2n) is 12.9. The number of rotatable bonds is 4. The van der Waals surface area contributed by atoms with Crippen LogP contribution >= 0.6 is 0 Å². The summed E-state index contributed by atoms with van der Waals surface area (Å²) >= 11 is 0. The molecule has 0 spiro atoms. The van der Waals surface area contributed by atoms with Gasteiger partial charge in [0, 0.05) is 16.5 Å². The van der Waals surface area contributed by atoms with Crippen molar-refractivity contribution in [2.45, 2.75) is 0 Å². The molecule has 0 aliphatic heterocycles. The molecule has 0 aliphatic rings. The molecule has 9 aromatic carbocycles. The van der Waals surface area contributed by atoms with Crippen LogP contribution in [0.25, 0.3) is 93.2 Å². The van der Waals surface area contributed by atoms with Gasteiger partial charge in [0.2, 0.25) is 0 Å². The standard InChI is InChI=1S/C48H31N/c1-2-14-33(15-3-1)47-40-19-6-8-21-42(40)48(43-22-9-7-20-41(43)47)34-25-28-36(29-26-34)49-45-24-11-10-18-39(45)44-31-35(27-30-46(44)49)38-23-12-16-32-13-4-5-17-37(32)38/h1-31H. The van der Waals surface area contributed by atoms with Gasteiger partial charge < -0.3 is 4.57 Å². The number of para-hydroxylation sites is 1. The van der Waals surface area contributed by atoms with Gasteiger partial charge >= 0.3 is 0 Å². The molecular weight excluding hydrogens is 591 g/mol. The molecule has 49 heavy (non-hydrogen) atoms. The van der Waals surface area contributed by atoms with Crippen molar-refractivity contribution in [3.8, 4) is 39.1 Å². The Hall–Kier alpha value is -6.44. The Balaban J connectivity index is 1.15. The van der Waals surface area contributed by atoms with Gasteiger partial charge in [-0.3, -0.25) is 0 Å². The molecule has 0 saturated carbocycles. The summed E-state index contributed by atoms with van der Waals surface area (Å²) in [4.78, 5) is 0. The smallest absolute Gasteiger partial charge is 0.0541 e. The van der Waals surface area contributed by atoms with E-state index in [1.54, 1.807) is 0 Å². The van der Waals surface area contributed by atoms with Gasteiger partial charge in [0.1, 0.15) is 0 Å². The predicted octanol–water partition coefficient (Wildman–Crippen LogP) is 13.2. The zero-order valence-corrected chi connectivity index (χ0v) is 26.8. The van der Waals surface area contributed by atoms with E-state index < -0.39 is 0 Å².